The maximum atomic E-state index is 5.99. The van der Waals surface area contributed by atoms with Crippen LogP contribution in [0.15, 0.2) is 24.4 Å². The molecule has 0 saturated heterocycles. The van der Waals surface area contributed by atoms with Gasteiger partial charge < -0.3 is 4.74 Å². The molecule has 2 aromatic rings. The summed E-state index contributed by atoms with van der Waals surface area (Å²) in [6.45, 7) is 8.50. The van der Waals surface area contributed by atoms with E-state index in [1.807, 2.05) is 19.1 Å². The van der Waals surface area contributed by atoms with Gasteiger partial charge >= 0.3 is 0 Å². The van der Waals surface area contributed by atoms with Crippen LogP contribution >= 0.6 is 23.2 Å². The quantitative estimate of drug-likeness (QED) is 0.717. The molecule has 0 fully saturated rings. The number of hydrogen-bond acceptors (Lipinski definition) is 3. The lowest BCUT2D eigenvalue weighted by molar-refractivity contribution is 0.457. The molecule has 0 N–H and O–H groups in total. The van der Waals surface area contributed by atoms with Crippen LogP contribution in [0.1, 0.15) is 31.9 Å². The van der Waals surface area contributed by atoms with E-state index in [-0.39, 0.29) is 16.6 Å². The van der Waals surface area contributed by atoms with Crippen LogP contribution < -0.4 is 4.74 Å². The van der Waals surface area contributed by atoms with Crippen molar-refractivity contribution in [3.63, 3.8) is 0 Å². The Morgan fingerprint density at radius 3 is 2.45 bits per heavy atom. The second kappa shape index (κ2) is 5.58. The summed E-state index contributed by atoms with van der Waals surface area (Å²) < 4.78 is 5.72. The number of aromatic nitrogens is 2. The van der Waals surface area contributed by atoms with Gasteiger partial charge in [-0.25, -0.2) is 4.98 Å². The first kappa shape index (κ1) is 15.1. The summed E-state index contributed by atoms with van der Waals surface area (Å²) in [5.41, 5.74) is 2.36. The summed E-state index contributed by atoms with van der Waals surface area (Å²) in [6, 6.07) is 6.06. The molecule has 106 valence electrons. The first-order chi connectivity index (χ1) is 9.27. The lowest BCUT2D eigenvalue weighted by atomic mass is 9.86. The van der Waals surface area contributed by atoms with Crippen LogP contribution in [0.25, 0.3) is 0 Å². The summed E-state index contributed by atoms with van der Waals surface area (Å²) in [7, 11) is 0. The van der Waals surface area contributed by atoms with Gasteiger partial charge in [-0.05, 0) is 41.1 Å². The SMILES string of the molecule is Cc1cc(C(C)(C)C)ccc1Oc1nc(Cl)ncc1Cl. The van der Waals surface area contributed by atoms with Gasteiger partial charge in [0.25, 0.3) is 0 Å². The highest BCUT2D eigenvalue weighted by Crippen LogP contribution is 2.32. The largest absolute Gasteiger partial charge is 0.437 e. The molecule has 0 atom stereocenters. The summed E-state index contributed by atoms with van der Waals surface area (Å²) in [4.78, 5) is 7.77. The molecular formula is C15H16Cl2N2O. The van der Waals surface area contributed by atoms with E-state index >= 15 is 0 Å². The first-order valence-corrected chi connectivity index (χ1v) is 7.00. The number of halogens is 2. The van der Waals surface area contributed by atoms with E-state index in [2.05, 4.69) is 36.8 Å². The van der Waals surface area contributed by atoms with E-state index in [1.165, 1.54) is 11.8 Å². The Balaban J connectivity index is 2.33. The maximum absolute atomic E-state index is 5.99. The van der Waals surface area contributed by atoms with Gasteiger partial charge in [0.05, 0.1) is 6.20 Å². The highest BCUT2D eigenvalue weighted by molar-refractivity contribution is 6.32. The van der Waals surface area contributed by atoms with E-state index in [1.54, 1.807) is 0 Å². The molecule has 3 nitrogen and oxygen atoms in total. The molecule has 0 unspecified atom stereocenters. The van der Waals surface area contributed by atoms with Gasteiger partial charge in [0, 0.05) is 0 Å². The zero-order chi connectivity index (χ0) is 14.9. The molecule has 0 saturated carbocycles. The zero-order valence-electron chi connectivity index (χ0n) is 11.9. The molecule has 2 rings (SSSR count). The molecule has 0 aliphatic rings. The minimum absolute atomic E-state index is 0.0964. The van der Waals surface area contributed by atoms with E-state index in [9.17, 15) is 0 Å². The van der Waals surface area contributed by atoms with Crippen LogP contribution in [0.3, 0.4) is 0 Å². The Morgan fingerprint density at radius 1 is 1.15 bits per heavy atom. The average Bonchev–Trinajstić information content (AvgIpc) is 2.35. The minimum Gasteiger partial charge on any atom is -0.437 e. The van der Waals surface area contributed by atoms with Crippen molar-refractivity contribution in [2.75, 3.05) is 0 Å². The van der Waals surface area contributed by atoms with Gasteiger partial charge in [0.15, 0.2) is 0 Å². The molecule has 0 aliphatic heterocycles. The van der Waals surface area contributed by atoms with Crippen LogP contribution in [-0.2, 0) is 5.41 Å². The molecule has 1 aromatic carbocycles. The number of nitrogens with zero attached hydrogens (tertiary/aromatic N) is 2. The van der Waals surface area contributed by atoms with Crippen molar-refractivity contribution in [2.24, 2.45) is 0 Å². The zero-order valence-corrected chi connectivity index (χ0v) is 13.4. The number of aryl methyl sites for hydroxylation is 1. The molecule has 1 aromatic heterocycles. The lowest BCUT2D eigenvalue weighted by Gasteiger charge is -2.20. The van der Waals surface area contributed by atoms with E-state index in [0.29, 0.717) is 10.8 Å². The second-order valence-electron chi connectivity index (χ2n) is 5.62. The van der Waals surface area contributed by atoms with Gasteiger partial charge in [-0.3, -0.25) is 0 Å². The van der Waals surface area contributed by atoms with Crippen LogP contribution in [0.2, 0.25) is 10.3 Å². The van der Waals surface area contributed by atoms with Crippen molar-refractivity contribution >= 4 is 23.2 Å². The van der Waals surface area contributed by atoms with Crippen LogP contribution in [-0.4, -0.2) is 9.97 Å². The van der Waals surface area contributed by atoms with Crippen molar-refractivity contribution < 1.29 is 4.74 Å². The molecule has 0 radical (unpaired) electrons. The number of benzene rings is 1. The fraction of sp³-hybridized carbons (Fsp3) is 0.333. The number of hydrogen-bond donors (Lipinski definition) is 0. The van der Waals surface area contributed by atoms with E-state index in [0.717, 1.165) is 5.56 Å². The average molecular weight is 311 g/mol. The van der Waals surface area contributed by atoms with E-state index < -0.39 is 0 Å². The van der Waals surface area contributed by atoms with Gasteiger partial charge in [-0.2, -0.15) is 4.98 Å². The molecule has 5 heteroatoms. The molecule has 0 spiro atoms. The third-order valence-corrected chi connectivity index (χ3v) is 3.37. The predicted molar refractivity (Wildman–Crippen MR) is 82.0 cm³/mol. The second-order valence-corrected chi connectivity index (χ2v) is 6.37. The smallest absolute Gasteiger partial charge is 0.242 e. The van der Waals surface area contributed by atoms with Gasteiger partial charge in [0.1, 0.15) is 10.8 Å². The first-order valence-electron chi connectivity index (χ1n) is 6.24. The highest BCUT2D eigenvalue weighted by atomic mass is 35.5. The molecule has 20 heavy (non-hydrogen) atoms. The third kappa shape index (κ3) is 3.41. The summed E-state index contributed by atoms with van der Waals surface area (Å²) in [6.07, 6.45) is 1.42. The molecule has 1 heterocycles. The maximum Gasteiger partial charge on any atom is 0.242 e. The highest BCUT2D eigenvalue weighted by Gasteiger charge is 2.15. The fourth-order valence-electron chi connectivity index (χ4n) is 1.74. The van der Waals surface area contributed by atoms with Crippen LogP contribution in [0.5, 0.6) is 11.6 Å². The van der Waals surface area contributed by atoms with Gasteiger partial charge in [0.2, 0.25) is 11.2 Å². The Labute approximate surface area is 128 Å². The summed E-state index contributed by atoms with van der Waals surface area (Å²) >= 11 is 11.7. The molecule has 0 bridgehead atoms. The Bertz CT molecular complexity index is 636. The predicted octanol–water partition coefficient (Wildman–Crippen LogP) is 5.18. The topological polar surface area (TPSA) is 35.0 Å². The van der Waals surface area contributed by atoms with Crippen molar-refractivity contribution in [3.8, 4) is 11.6 Å². The van der Waals surface area contributed by atoms with E-state index in [4.69, 9.17) is 27.9 Å². The molecular weight excluding hydrogens is 295 g/mol. The summed E-state index contributed by atoms with van der Waals surface area (Å²) in [5.74, 6) is 0.966. The normalized spacial score (nSPS) is 11.5. The summed E-state index contributed by atoms with van der Waals surface area (Å²) in [5, 5.41) is 0.432. The van der Waals surface area contributed by atoms with Gasteiger partial charge in [-0.1, -0.05) is 44.5 Å². The van der Waals surface area contributed by atoms with Crippen LogP contribution in [0.4, 0.5) is 0 Å². The third-order valence-electron chi connectivity index (χ3n) is 2.93. The van der Waals surface area contributed by atoms with Gasteiger partial charge in [-0.15, -0.1) is 0 Å². The number of rotatable bonds is 2. The number of ether oxygens (including phenoxy) is 1. The molecule has 0 amide bonds. The standard InChI is InChI=1S/C15H16Cl2N2O/c1-9-7-10(15(2,3)4)5-6-12(9)20-13-11(16)8-18-14(17)19-13/h5-8H,1-4H3. The minimum atomic E-state index is 0.0964. The monoisotopic (exact) mass is 310 g/mol. The van der Waals surface area contributed by atoms with Crippen molar-refractivity contribution in [3.05, 3.63) is 45.8 Å². The fourth-order valence-corrected chi connectivity index (χ4v) is 1.99. The van der Waals surface area contributed by atoms with Crippen molar-refractivity contribution in [1.82, 2.24) is 9.97 Å². The Hall–Kier alpha value is -1.32. The Morgan fingerprint density at radius 2 is 1.85 bits per heavy atom. The van der Waals surface area contributed by atoms with Crippen LogP contribution in [0, 0.1) is 6.92 Å². The Kier molecular flexibility index (Phi) is 4.21. The molecule has 0 aliphatic carbocycles. The van der Waals surface area contributed by atoms with Crippen molar-refractivity contribution in [1.29, 1.82) is 0 Å². The van der Waals surface area contributed by atoms with Crippen molar-refractivity contribution in [2.45, 2.75) is 33.1 Å². The lowest BCUT2D eigenvalue weighted by Crippen LogP contribution is -2.11.